The van der Waals surface area contributed by atoms with Gasteiger partial charge in [-0.05, 0) is 52.9 Å². The number of carbonyl (C=O) groups excluding carboxylic acids is 2. The lowest BCUT2D eigenvalue weighted by molar-refractivity contribution is -0.132. The highest BCUT2D eigenvalue weighted by atomic mass is 35.5. The molecule has 0 spiro atoms. The van der Waals surface area contributed by atoms with Gasteiger partial charge in [0.15, 0.2) is 5.13 Å². The van der Waals surface area contributed by atoms with Crippen LogP contribution in [0.15, 0.2) is 77.7 Å². The molecule has 1 aliphatic rings. The third kappa shape index (κ3) is 3.55. The Morgan fingerprint density at radius 1 is 1.03 bits per heavy atom. The number of amides is 1. The summed E-state index contributed by atoms with van der Waals surface area (Å²) in [6.45, 7) is 1.91. The van der Waals surface area contributed by atoms with E-state index in [4.69, 9.17) is 11.6 Å². The number of hydrogen-bond acceptors (Lipinski definition) is 6. The average Bonchev–Trinajstić information content (AvgIpc) is 3.58. The second-order valence-corrected chi connectivity index (χ2v) is 10.7. The number of fused-ring (bicyclic) bond motifs is 2. The monoisotopic (exact) mass is 516 g/mol. The highest BCUT2D eigenvalue weighted by Crippen LogP contribution is 2.46. The number of rotatable bonds is 3. The molecule has 1 N–H and O–H groups in total. The Hall–Kier alpha value is -3.52. The number of aryl methyl sites for hydroxylation is 1. The van der Waals surface area contributed by atoms with Crippen molar-refractivity contribution in [1.29, 1.82) is 0 Å². The van der Waals surface area contributed by atoms with Crippen molar-refractivity contribution in [3.8, 4) is 0 Å². The van der Waals surface area contributed by atoms with Crippen molar-refractivity contribution in [2.75, 3.05) is 4.90 Å². The van der Waals surface area contributed by atoms with Crippen LogP contribution in [0.1, 0.15) is 22.0 Å². The quantitative estimate of drug-likeness (QED) is 0.158. The minimum absolute atomic E-state index is 0.0567. The molecule has 0 aliphatic carbocycles. The lowest BCUT2D eigenvalue weighted by Gasteiger charge is -2.21. The van der Waals surface area contributed by atoms with Gasteiger partial charge in [-0.3, -0.25) is 14.5 Å². The van der Waals surface area contributed by atoms with Gasteiger partial charge in [0.1, 0.15) is 11.8 Å². The van der Waals surface area contributed by atoms with E-state index < -0.39 is 17.7 Å². The molecular weight excluding hydrogens is 500 g/mol. The first-order valence-corrected chi connectivity index (χ1v) is 12.9. The second kappa shape index (κ2) is 8.30. The summed E-state index contributed by atoms with van der Waals surface area (Å²) >= 11 is 9.02. The van der Waals surface area contributed by atoms with Crippen LogP contribution >= 0.6 is 34.3 Å². The van der Waals surface area contributed by atoms with Crippen LogP contribution in [0.4, 0.5) is 5.13 Å². The smallest absolute Gasteiger partial charge is 0.301 e. The Kier molecular flexibility index (Phi) is 5.21. The van der Waals surface area contributed by atoms with Crippen LogP contribution in [-0.4, -0.2) is 21.8 Å². The zero-order chi connectivity index (χ0) is 24.3. The molecule has 35 heavy (non-hydrogen) atoms. The largest absolute Gasteiger partial charge is 0.507 e. The molecule has 5 nitrogen and oxygen atoms in total. The minimum Gasteiger partial charge on any atom is -0.507 e. The predicted molar refractivity (Wildman–Crippen MR) is 142 cm³/mol. The number of nitrogens with zero attached hydrogens (tertiary/aromatic N) is 2. The third-order valence-corrected chi connectivity index (χ3v) is 8.49. The van der Waals surface area contributed by atoms with Gasteiger partial charge in [-0.1, -0.05) is 65.4 Å². The van der Waals surface area contributed by atoms with E-state index >= 15 is 0 Å². The number of thiophene rings is 1. The molecule has 1 amide bonds. The van der Waals surface area contributed by atoms with Crippen LogP contribution in [0, 0.1) is 6.92 Å². The van der Waals surface area contributed by atoms with Crippen LogP contribution in [0.3, 0.4) is 0 Å². The molecule has 2 aromatic heterocycles. The SMILES string of the molecule is Cc1cc2sc(N3C(=O)C(=O)/C(=C(/O)c4ccc5ccccc5c4)C3c3cccs3)nc2cc1Cl. The van der Waals surface area contributed by atoms with Crippen LogP contribution in [-0.2, 0) is 9.59 Å². The maximum Gasteiger partial charge on any atom is 0.301 e. The van der Waals surface area contributed by atoms with Crippen molar-refractivity contribution in [3.63, 3.8) is 0 Å². The maximum atomic E-state index is 13.4. The topological polar surface area (TPSA) is 70.5 Å². The predicted octanol–water partition coefficient (Wildman–Crippen LogP) is 7.10. The highest BCUT2D eigenvalue weighted by molar-refractivity contribution is 7.22. The zero-order valence-electron chi connectivity index (χ0n) is 18.4. The van der Waals surface area contributed by atoms with Crippen LogP contribution in [0.5, 0.6) is 0 Å². The maximum absolute atomic E-state index is 13.4. The molecule has 1 aliphatic heterocycles. The summed E-state index contributed by atoms with van der Waals surface area (Å²) < 4.78 is 0.864. The Labute approximate surface area is 213 Å². The number of aliphatic hydroxyl groups is 1. The molecule has 0 bridgehead atoms. The van der Waals surface area contributed by atoms with Gasteiger partial charge >= 0.3 is 5.91 Å². The Bertz CT molecular complexity index is 1650. The Balaban J connectivity index is 1.55. The van der Waals surface area contributed by atoms with E-state index in [1.54, 1.807) is 12.1 Å². The summed E-state index contributed by atoms with van der Waals surface area (Å²) in [4.78, 5) is 33.5. The standard InChI is InChI=1S/C27H17ClN2O3S2/c1-14-11-21-19(13-18(14)28)29-27(35-21)30-23(20-7-4-10-34-20)22(25(32)26(30)33)24(31)17-9-8-15-5-2-3-6-16(15)12-17/h2-13,23,31H,1H3/b24-22+. The van der Waals surface area contributed by atoms with E-state index in [0.717, 1.165) is 25.9 Å². The van der Waals surface area contributed by atoms with E-state index in [-0.39, 0.29) is 11.3 Å². The summed E-state index contributed by atoms with van der Waals surface area (Å²) in [7, 11) is 0. The first kappa shape index (κ1) is 22.0. The molecule has 1 atom stereocenters. The molecule has 6 rings (SSSR count). The van der Waals surface area contributed by atoms with Crippen molar-refractivity contribution in [3.05, 3.63) is 98.7 Å². The fraction of sp³-hybridized carbons (Fsp3) is 0.0741. The van der Waals surface area contributed by atoms with Crippen molar-refractivity contribution >= 4 is 77.8 Å². The van der Waals surface area contributed by atoms with Gasteiger partial charge in [0.05, 0.1) is 15.8 Å². The lowest BCUT2D eigenvalue weighted by Crippen LogP contribution is -2.28. The summed E-state index contributed by atoms with van der Waals surface area (Å²) in [5.74, 6) is -1.65. The lowest BCUT2D eigenvalue weighted by atomic mass is 9.98. The number of hydrogen-bond donors (Lipinski definition) is 1. The number of aliphatic hydroxyl groups excluding tert-OH is 1. The van der Waals surface area contributed by atoms with Crippen molar-refractivity contribution in [2.45, 2.75) is 13.0 Å². The summed E-state index contributed by atoms with van der Waals surface area (Å²) in [5.41, 5.74) is 2.10. The van der Waals surface area contributed by atoms with Gasteiger partial charge in [0.25, 0.3) is 5.78 Å². The molecular formula is C27H17ClN2O3S2. The van der Waals surface area contributed by atoms with Crippen LogP contribution < -0.4 is 4.90 Å². The molecule has 3 aromatic carbocycles. The number of thiazole rings is 1. The normalized spacial score (nSPS) is 17.7. The number of benzene rings is 3. The van der Waals surface area contributed by atoms with E-state index in [0.29, 0.717) is 21.2 Å². The van der Waals surface area contributed by atoms with E-state index in [9.17, 15) is 14.7 Å². The number of carbonyl (C=O) groups is 2. The molecule has 172 valence electrons. The molecule has 0 saturated carbocycles. The molecule has 0 radical (unpaired) electrons. The van der Waals surface area contributed by atoms with Gasteiger partial charge in [-0.25, -0.2) is 4.98 Å². The molecule has 1 fully saturated rings. The van der Waals surface area contributed by atoms with E-state index in [1.807, 2.05) is 66.9 Å². The van der Waals surface area contributed by atoms with Gasteiger partial charge < -0.3 is 5.11 Å². The Morgan fingerprint density at radius 2 is 1.83 bits per heavy atom. The number of aromatic nitrogens is 1. The van der Waals surface area contributed by atoms with E-state index in [2.05, 4.69) is 4.98 Å². The van der Waals surface area contributed by atoms with Crippen molar-refractivity contribution in [2.24, 2.45) is 0 Å². The Morgan fingerprint density at radius 3 is 2.60 bits per heavy atom. The molecule has 5 aromatic rings. The summed E-state index contributed by atoms with van der Waals surface area (Å²) in [6, 6.07) is 19.9. The number of Topliss-reactive ketones (excluding diaryl/α,β-unsaturated/α-hetero) is 1. The minimum atomic E-state index is -0.779. The van der Waals surface area contributed by atoms with Crippen molar-refractivity contribution in [1.82, 2.24) is 4.98 Å². The molecule has 3 heterocycles. The molecule has 8 heteroatoms. The summed E-state index contributed by atoms with van der Waals surface area (Å²) in [5, 5.41) is 16.2. The van der Waals surface area contributed by atoms with E-state index in [1.165, 1.54) is 27.6 Å². The van der Waals surface area contributed by atoms with Gasteiger partial charge in [-0.15, -0.1) is 11.3 Å². The van der Waals surface area contributed by atoms with Crippen LogP contribution in [0.2, 0.25) is 5.02 Å². The van der Waals surface area contributed by atoms with Gasteiger partial charge in [0.2, 0.25) is 0 Å². The van der Waals surface area contributed by atoms with Crippen molar-refractivity contribution < 1.29 is 14.7 Å². The second-order valence-electron chi connectivity index (χ2n) is 8.31. The first-order valence-electron chi connectivity index (χ1n) is 10.8. The highest BCUT2D eigenvalue weighted by Gasteiger charge is 2.48. The number of anilines is 1. The summed E-state index contributed by atoms with van der Waals surface area (Å²) in [6.07, 6.45) is 0. The number of halogens is 1. The average molecular weight is 517 g/mol. The first-order chi connectivity index (χ1) is 16.9. The molecule has 1 unspecified atom stereocenters. The molecule has 1 saturated heterocycles. The fourth-order valence-corrected chi connectivity index (χ4v) is 6.43. The third-order valence-electron chi connectivity index (χ3n) is 6.14. The van der Waals surface area contributed by atoms with Gasteiger partial charge in [-0.2, -0.15) is 0 Å². The zero-order valence-corrected chi connectivity index (χ0v) is 20.7. The van der Waals surface area contributed by atoms with Crippen LogP contribution in [0.25, 0.3) is 26.7 Å². The number of ketones is 1. The van der Waals surface area contributed by atoms with Gasteiger partial charge in [0, 0.05) is 15.5 Å². The fourth-order valence-electron chi connectivity index (χ4n) is 4.38.